The summed E-state index contributed by atoms with van der Waals surface area (Å²) in [6.07, 6.45) is 43.1. The molecule has 368 valence electrons. The monoisotopic (exact) mass is 879 g/mol. The molecule has 0 spiro atoms. The summed E-state index contributed by atoms with van der Waals surface area (Å²) >= 11 is 0. The summed E-state index contributed by atoms with van der Waals surface area (Å²) in [4.78, 5) is 26.1. The largest absolute Gasteiger partial charge is 0.458 e. The molecule has 1 fully saturated rings. The fraction of sp³-hybridized carbons (Fsp3) is 0.852. The first-order valence-corrected chi connectivity index (χ1v) is 26.4. The normalized spacial score (nSPS) is 15.9. The maximum absolute atomic E-state index is 13.2. The summed E-state index contributed by atoms with van der Waals surface area (Å²) in [5, 5.41) is 3.60. The molecule has 0 bridgehead atoms. The van der Waals surface area contributed by atoms with Gasteiger partial charge >= 0.3 is 11.9 Å². The average molecular weight is 879 g/mol. The zero-order valence-corrected chi connectivity index (χ0v) is 42.6. The van der Waals surface area contributed by atoms with Crippen LogP contribution in [0.25, 0.3) is 0 Å². The molecule has 0 radical (unpaired) electrons. The van der Waals surface area contributed by atoms with Crippen LogP contribution in [0.2, 0.25) is 0 Å². The number of nitrogens with two attached hydrogens (primary N) is 1. The van der Waals surface area contributed by atoms with E-state index in [4.69, 9.17) is 24.7 Å². The molecular weight excluding hydrogens is 773 g/mol. The van der Waals surface area contributed by atoms with Gasteiger partial charge in [-0.1, -0.05) is 189 Å². The Morgan fingerprint density at radius 3 is 1.45 bits per heavy atom. The zero-order valence-electron chi connectivity index (χ0n) is 42.6. The lowest BCUT2D eigenvalue weighted by atomic mass is 10.1. The highest BCUT2D eigenvalue weighted by atomic mass is 16.7. The molecule has 1 aliphatic carbocycles. The molecule has 0 heterocycles. The Balaban J connectivity index is -0.00000403. The highest BCUT2D eigenvalue weighted by Gasteiger charge is 2.39. The molecule has 0 aliphatic heterocycles. The van der Waals surface area contributed by atoms with Crippen molar-refractivity contribution in [1.82, 2.24) is 5.32 Å². The van der Waals surface area contributed by atoms with E-state index in [-0.39, 0.29) is 24.4 Å². The minimum atomic E-state index is -0.420. The van der Waals surface area contributed by atoms with Crippen molar-refractivity contribution >= 4 is 11.9 Å². The first kappa shape index (κ1) is 64.1. The SMILES string of the molecule is C/C=C\N.CC.CC.CCCCC/C=C\C/C=C\CCCCCCCC(=O)OC1CC(NCCCC)CC1OC(=O)CCC(OCCCCCCCC)OCCCCCCCC. The van der Waals surface area contributed by atoms with Crippen molar-refractivity contribution in [2.24, 2.45) is 5.73 Å². The van der Waals surface area contributed by atoms with Crippen molar-refractivity contribution in [2.75, 3.05) is 19.8 Å². The number of hydrogen-bond donors (Lipinski definition) is 2. The predicted octanol–water partition coefficient (Wildman–Crippen LogP) is 15.6. The Morgan fingerprint density at radius 2 is 0.968 bits per heavy atom. The van der Waals surface area contributed by atoms with Crippen molar-refractivity contribution in [1.29, 1.82) is 0 Å². The van der Waals surface area contributed by atoms with E-state index >= 15 is 0 Å². The van der Waals surface area contributed by atoms with Crippen LogP contribution in [-0.2, 0) is 28.5 Å². The molecule has 1 rings (SSSR count). The number of allylic oxidation sites excluding steroid dienone is 5. The third kappa shape index (κ3) is 45.9. The zero-order chi connectivity index (χ0) is 46.6. The number of carbonyl (C=O) groups is 2. The number of nitrogens with one attached hydrogen (secondary N) is 1. The first-order chi connectivity index (χ1) is 30.4. The van der Waals surface area contributed by atoms with Crippen LogP contribution in [0, 0.1) is 0 Å². The van der Waals surface area contributed by atoms with Gasteiger partial charge in [0.25, 0.3) is 0 Å². The number of unbranched alkanes of at least 4 members (excludes halogenated alkanes) is 19. The molecule has 1 aliphatic rings. The second kappa shape index (κ2) is 55.0. The third-order valence-electron chi connectivity index (χ3n) is 10.7. The summed E-state index contributed by atoms with van der Waals surface area (Å²) in [6.45, 7) is 21.0. The Kier molecular flexibility index (Phi) is 56.9. The lowest BCUT2D eigenvalue weighted by molar-refractivity contribution is -0.170. The molecule has 1 saturated carbocycles. The molecule has 62 heavy (non-hydrogen) atoms. The maximum atomic E-state index is 13.2. The smallest absolute Gasteiger partial charge is 0.306 e. The minimum Gasteiger partial charge on any atom is -0.458 e. The van der Waals surface area contributed by atoms with Gasteiger partial charge in [0.05, 0.1) is 6.42 Å². The molecule has 0 aromatic carbocycles. The van der Waals surface area contributed by atoms with Gasteiger partial charge in [-0.25, -0.2) is 0 Å². The van der Waals surface area contributed by atoms with Gasteiger partial charge in [-0.2, -0.15) is 0 Å². The fourth-order valence-corrected chi connectivity index (χ4v) is 7.04. The Morgan fingerprint density at radius 1 is 0.565 bits per heavy atom. The highest BCUT2D eigenvalue weighted by molar-refractivity contribution is 5.70. The van der Waals surface area contributed by atoms with E-state index in [1.807, 2.05) is 34.6 Å². The molecule has 0 saturated heterocycles. The predicted molar refractivity (Wildman–Crippen MR) is 268 cm³/mol. The van der Waals surface area contributed by atoms with Gasteiger partial charge in [0.15, 0.2) is 6.29 Å². The van der Waals surface area contributed by atoms with Gasteiger partial charge in [0, 0.05) is 44.9 Å². The fourth-order valence-electron chi connectivity index (χ4n) is 7.04. The molecule has 8 heteroatoms. The van der Waals surface area contributed by atoms with E-state index in [0.717, 1.165) is 77.2 Å². The van der Waals surface area contributed by atoms with Gasteiger partial charge in [-0.15, -0.1) is 0 Å². The first-order valence-electron chi connectivity index (χ1n) is 26.4. The molecule has 3 unspecified atom stereocenters. The number of rotatable bonds is 39. The molecule has 0 amide bonds. The van der Waals surface area contributed by atoms with Gasteiger partial charge in [-0.05, 0) is 77.5 Å². The van der Waals surface area contributed by atoms with Crippen LogP contribution < -0.4 is 11.1 Å². The van der Waals surface area contributed by atoms with Gasteiger partial charge in [0.1, 0.15) is 12.2 Å². The number of hydrogen-bond acceptors (Lipinski definition) is 8. The van der Waals surface area contributed by atoms with Crippen LogP contribution in [0.4, 0.5) is 0 Å². The van der Waals surface area contributed by atoms with Crippen molar-refractivity contribution < 1.29 is 28.5 Å². The van der Waals surface area contributed by atoms with Crippen LogP contribution in [0.5, 0.6) is 0 Å². The summed E-state index contributed by atoms with van der Waals surface area (Å²) in [6, 6.07) is 0.178. The van der Waals surface area contributed by atoms with Crippen LogP contribution in [0.1, 0.15) is 255 Å². The van der Waals surface area contributed by atoms with E-state index in [0.29, 0.717) is 38.9 Å². The summed E-state index contributed by atoms with van der Waals surface area (Å²) < 4.78 is 24.3. The quantitative estimate of drug-likeness (QED) is 0.0272. The second-order valence-electron chi connectivity index (χ2n) is 16.3. The lowest BCUT2D eigenvalue weighted by Gasteiger charge is -2.22. The number of ether oxygens (including phenoxy) is 4. The van der Waals surface area contributed by atoms with E-state index in [1.165, 1.54) is 96.1 Å². The number of carbonyl (C=O) groups excluding carboxylic acids is 2. The van der Waals surface area contributed by atoms with E-state index in [2.05, 4.69) is 57.3 Å². The Bertz CT molecular complexity index is 964. The molecule has 3 atom stereocenters. The summed E-state index contributed by atoms with van der Waals surface area (Å²) in [7, 11) is 0. The Labute approximate surface area is 386 Å². The van der Waals surface area contributed by atoms with Crippen molar-refractivity contribution in [3.8, 4) is 0 Å². The number of esters is 2. The van der Waals surface area contributed by atoms with Gasteiger partial charge < -0.3 is 30.0 Å². The molecule has 0 aromatic heterocycles. The average Bonchev–Trinajstić information content (AvgIpc) is 3.66. The minimum absolute atomic E-state index is 0.174. The van der Waals surface area contributed by atoms with Crippen LogP contribution >= 0.6 is 0 Å². The highest BCUT2D eigenvalue weighted by Crippen LogP contribution is 2.27. The van der Waals surface area contributed by atoms with E-state index in [1.54, 1.807) is 6.08 Å². The van der Waals surface area contributed by atoms with E-state index in [9.17, 15) is 9.59 Å². The van der Waals surface area contributed by atoms with Crippen molar-refractivity contribution in [3.05, 3.63) is 36.6 Å². The maximum Gasteiger partial charge on any atom is 0.306 e. The second-order valence-corrected chi connectivity index (χ2v) is 16.3. The van der Waals surface area contributed by atoms with Crippen LogP contribution in [-0.4, -0.2) is 56.2 Å². The Hall–Kier alpha value is -2.16. The summed E-state index contributed by atoms with van der Waals surface area (Å²) in [5.74, 6) is -0.438. The molecule has 3 N–H and O–H groups in total. The standard InChI is InChI=1S/C47H87NO6.C3H7N.2C2H6/c1-5-9-13-16-19-20-21-22-23-24-25-26-27-28-31-34-45(49)53-43-40-42(48-37-12-8-4)41-44(43)54-46(50)35-36-47(51-38-32-29-17-14-10-6-2)52-39-33-30-18-15-11-7-3;1-2-3-4;2*1-2/h19-20,22-23,42-44,47-48H,5-18,21,24-41H2,1-4H3;2-3H,4H2,1H3;2*1-2H3/b20-19-,23-22-;3-2-;;. The van der Waals surface area contributed by atoms with Gasteiger partial charge in [-0.3, -0.25) is 9.59 Å². The van der Waals surface area contributed by atoms with Crippen LogP contribution in [0.15, 0.2) is 36.6 Å². The molecule has 0 aromatic rings. The lowest BCUT2D eigenvalue weighted by Crippen LogP contribution is -2.31. The third-order valence-corrected chi connectivity index (χ3v) is 10.7. The van der Waals surface area contributed by atoms with Crippen molar-refractivity contribution in [2.45, 2.75) is 279 Å². The van der Waals surface area contributed by atoms with Crippen LogP contribution in [0.3, 0.4) is 0 Å². The van der Waals surface area contributed by atoms with E-state index < -0.39 is 18.5 Å². The molecular formula is C54H106N2O6. The summed E-state index contributed by atoms with van der Waals surface area (Å²) in [5.41, 5.74) is 4.85. The van der Waals surface area contributed by atoms with Crippen molar-refractivity contribution in [3.63, 3.8) is 0 Å². The van der Waals surface area contributed by atoms with Gasteiger partial charge in [0.2, 0.25) is 0 Å². The topological polar surface area (TPSA) is 109 Å². The molecule has 8 nitrogen and oxygen atoms in total.